The molecule has 1 aromatic carbocycles. The molecule has 21 heavy (non-hydrogen) atoms. The van der Waals surface area contributed by atoms with Gasteiger partial charge in [0, 0.05) is 23.1 Å². The Morgan fingerprint density at radius 1 is 1.19 bits per heavy atom. The zero-order chi connectivity index (χ0) is 15.6. The number of benzene rings is 1. The first-order valence-corrected chi connectivity index (χ1v) is 6.81. The summed E-state index contributed by atoms with van der Waals surface area (Å²) in [6, 6.07) is 5.47. The molecule has 0 unspecified atom stereocenters. The predicted octanol–water partition coefficient (Wildman–Crippen LogP) is 2.89. The van der Waals surface area contributed by atoms with Crippen molar-refractivity contribution in [3.63, 3.8) is 0 Å². The third-order valence-corrected chi connectivity index (χ3v) is 3.38. The van der Waals surface area contributed by atoms with Crippen LogP contribution in [0.25, 0.3) is 11.3 Å². The summed E-state index contributed by atoms with van der Waals surface area (Å²) < 4.78 is 10.6. The Morgan fingerprint density at radius 3 is 2.48 bits per heavy atom. The van der Waals surface area contributed by atoms with Crippen LogP contribution in [0.2, 0.25) is 0 Å². The van der Waals surface area contributed by atoms with E-state index in [4.69, 9.17) is 9.47 Å². The van der Waals surface area contributed by atoms with Gasteiger partial charge in [0.25, 0.3) is 5.56 Å². The Labute approximate surface area is 124 Å². The second-order valence-electron chi connectivity index (χ2n) is 5.15. The first-order valence-electron chi connectivity index (χ1n) is 6.81. The molecule has 5 nitrogen and oxygen atoms in total. The Hall–Kier alpha value is -2.30. The number of H-pyrrole nitrogens is 1. The Kier molecular flexibility index (Phi) is 4.31. The predicted molar refractivity (Wildman–Crippen MR) is 82.2 cm³/mol. The van der Waals surface area contributed by atoms with Gasteiger partial charge in [0.1, 0.15) is 17.3 Å². The zero-order valence-corrected chi connectivity index (χ0v) is 13.0. The summed E-state index contributed by atoms with van der Waals surface area (Å²) in [7, 11) is 3.19. The summed E-state index contributed by atoms with van der Waals surface area (Å²) in [4.78, 5) is 19.5. The second-order valence-corrected chi connectivity index (χ2v) is 5.15. The van der Waals surface area contributed by atoms with Crippen LogP contribution in [0.1, 0.15) is 31.2 Å². The average Bonchev–Trinajstić information content (AvgIpc) is 2.49. The van der Waals surface area contributed by atoms with E-state index in [2.05, 4.69) is 9.97 Å². The van der Waals surface area contributed by atoms with Crippen molar-refractivity contribution in [1.29, 1.82) is 0 Å². The molecule has 0 aliphatic heterocycles. The van der Waals surface area contributed by atoms with E-state index in [0.29, 0.717) is 28.6 Å². The van der Waals surface area contributed by atoms with Gasteiger partial charge in [0.2, 0.25) is 0 Å². The number of nitrogens with one attached hydrogen (secondary N) is 1. The van der Waals surface area contributed by atoms with Crippen LogP contribution in [0.5, 0.6) is 11.5 Å². The molecule has 0 aliphatic carbocycles. The van der Waals surface area contributed by atoms with Crippen molar-refractivity contribution in [3.05, 3.63) is 39.9 Å². The van der Waals surface area contributed by atoms with Crippen molar-refractivity contribution in [2.24, 2.45) is 0 Å². The minimum absolute atomic E-state index is 0.124. The van der Waals surface area contributed by atoms with E-state index in [1.807, 2.05) is 26.0 Å². The second kappa shape index (κ2) is 5.99. The standard InChI is InChI=1S/C16H20N2O3/c1-9(2)15-17-14(10(3)16(19)18-15)12-7-6-11(20-4)8-13(12)21-5/h6-9H,1-5H3,(H,17,18,19). The molecular weight excluding hydrogens is 268 g/mol. The molecule has 0 aliphatic rings. The van der Waals surface area contributed by atoms with Gasteiger partial charge in [0.15, 0.2) is 0 Å². The third kappa shape index (κ3) is 2.91. The minimum atomic E-state index is -0.124. The lowest BCUT2D eigenvalue weighted by Crippen LogP contribution is -2.17. The first-order chi connectivity index (χ1) is 9.97. The lowest BCUT2D eigenvalue weighted by Gasteiger charge is -2.13. The van der Waals surface area contributed by atoms with Gasteiger partial charge in [-0.25, -0.2) is 4.98 Å². The van der Waals surface area contributed by atoms with Crippen molar-refractivity contribution in [3.8, 4) is 22.8 Å². The molecule has 0 fully saturated rings. The number of nitrogens with zero attached hydrogens (tertiary/aromatic N) is 1. The van der Waals surface area contributed by atoms with Gasteiger partial charge in [-0.1, -0.05) is 13.8 Å². The molecule has 1 aromatic heterocycles. The van der Waals surface area contributed by atoms with Crippen molar-refractivity contribution in [2.75, 3.05) is 14.2 Å². The van der Waals surface area contributed by atoms with Crippen LogP contribution in [0.3, 0.4) is 0 Å². The Balaban J connectivity index is 2.69. The van der Waals surface area contributed by atoms with Crippen molar-refractivity contribution < 1.29 is 9.47 Å². The maximum atomic E-state index is 12.1. The molecule has 1 N–H and O–H groups in total. The van der Waals surface area contributed by atoms with Crippen LogP contribution in [0, 0.1) is 6.92 Å². The fraction of sp³-hybridized carbons (Fsp3) is 0.375. The molecule has 0 saturated carbocycles. The van der Waals surface area contributed by atoms with E-state index in [9.17, 15) is 4.79 Å². The SMILES string of the molecule is COc1ccc(-c2nc(C(C)C)[nH]c(=O)c2C)c(OC)c1. The summed E-state index contributed by atoms with van der Waals surface area (Å²) >= 11 is 0. The number of aromatic amines is 1. The van der Waals surface area contributed by atoms with Crippen molar-refractivity contribution in [2.45, 2.75) is 26.7 Å². The van der Waals surface area contributed by atoms with Gasteiger partial charge in [-0.05, 0) is 19.1 Å². The molecule has 5 heteroatoms. The zero-order valence-electron chi connectivity index (χ0n) is 13.0. The molecule has 0 atom stereocenters. The van der Waals surface area contributed by atoms with Crippen LogP contribution in [0.15, 0.2) is 23.0 Å². The summed E-state index contributed by atoms with van der Waals surface area (Å²) in [6.45, 7) is 5.74. The summed E-state index contributed by atoms with van der Waals surface area (Å²) in [5.41, 5.74) is 1.87. The summed E-state index contributed by atoms with van der Waals surface area (Å²) in [5.74, 6) is 2.13. The van der Waals surface area contributed by atoms with E-state index in [1.54, 1.807) is 27.2 Å². The molecule has 0 bridgehead atoms. The molecule has 0 spiro atoms. The highest BCUT2D eigenvalue weighted by atomic mass is 16.5. The van der Waals surface area contributed by atoms with E-state index < -0.39 is 0 Å². The van der Waals surface area contributed by atoms with Gasteiger partial charge in [0.05, 0.1) is 19.9 Å². The maximum Gasteiger partial charge on any atom is 0.254 e. The maximum absolute atomic E-state index is 12.1. The van der Waals surface area contributed by atoms with Crippen LogP contribution in [0.4, 0.5) is 0 Å². The summed E-state index contributed by atoms with van der Waals surface area (Å²) in [5, 5.41) is 0. The van der Waals surface area contributed by atoms with Crippen LogP contribution in [-0.2, 0) is 0 Å². The van der Waals surface area contributed by atoms with Crippen LogP contribution < -0.4 is 15.0 Å². The number of hydrogen-bond donors (Lipinski definition) is 1. The number of ether oxygens (including phenoxy) is 2. The number of hydrogen-bond acceptors (Lipinski definition) is 4. The smallest absolute Gasteiger partial charge is 0.254 e. The summed E-state index contributed by atoms with van der Waals surface area (Å²) in [6.07, 6.45) is 0. The quantitative estimate of drug-likeness (QED) is 0.939. The van der Waals surface area contributed by atoms with Gasteiger partial charge < -0.3 is 14.5 Å². The third-order valence-electron chi connectivity index (χ3n) is 3.38. The van der Waals surface area contributed by atoms with Crippen LogP contribution in [-0.4, -0.2) is 24.2 Å². The Bertz CT molecular complexity index is 705. The van der Waals surface area contributed by atoms with Crippen LogP contribution >= 0.6 is 0 Å². The van der Waals surface area contributed by atoms with Gasteiger partial charge in [-0.2, -0.15) is 0 Å². The molecule has 2 rings (SSSR count). The average molecular weight is 288 g/mol. The fourth-order valence-electron chi connectivity index (χ4n) is 2.08. The van der Waals surface area contributed by atoms with Crippen molar-refractivity contribution >= 4 is 0 Å². The molecular formula is C16H20N2O3. The highest BCUT2D eigenvalue weighted by Crippen LogP contribution is 2.33. The topological polar surface area (TPSA) is 64.2 Å². The molecule has 112 valence electrons. The molecule has 0 amide bonds. The number of rotatable bonds is 4. The minimum Gasteiger partial charge on any atom is -0.497 e. The van der Waals surface area contributed by atoms with E-state index in [-0.39, 0.29) is 11.5 Å². The largest absolute Gasteiger partial charge is 0.497 e. The highest BCUT2D eigenvalue weighted by molar-refractivity contribution is 5.70. The van der Waals surface area contributed by atoms with E-state index in [1.165, 1.54) is 0 Å². The van der Waals surface area contributed by atoms with Crippen molar-refractivity contribution in [1.82, 2.24) is 9.97 Å². The first kappa shape index (κ1) is 15.1. The van der Waals surface area contributed by atoms with Gasteiger partial charge in [-0.3, -0.25) is 4.79 Å². The van der Waals surface area contributed by atoms with E-state index >= 15 is 0 Å². The molecule has 2 aromatic rings. The lowest BCUT2D eigenvalue weighted by atomic mass is 10.1. The Morgan fingerprint density at radius 2 is 1.90 bits per heavy atom. The van der Waals surface area contributed by atoms with E-state index in [0.717, 1.165) is 5.56 Å². The normalized spacial score (nSPS) is 10.8. The highest BCUT2D eigenvalue weighted by Gasteiger charge is 2.16. The molecule has 0 saturated heterocycles. The number of aromatic nitrogens is 2. The lowest BCUT2D eigenvalue weighted by molar-refractivity contribution is 0.395. The van der Waals surface area contributed by atoms with Gasteiger partial charge in [-0.15, -0.1) is 0 Å². The monoisotopic (exact) mass is 288 g/mol. The number of methoxy groups -OCH3 is 2. The van der Waals surface area contributed by atoms with Gasteiger partial charge >= 0.3 is 0 Å². The molecule has 1 heterocycles. The fourth-order valence-corrected chi connectivity index (χ4v) is 2.08. The molecule has 0 radical (unpaired) electrons.